The molecule has 18 heavy (non-hydrogen) atoms. The highest BCUT2D eigenvalue weighted by Gasteiger charge is 1.99. The van der Waals surface area contributed by atoms with E-state index in [9.17, 15) is 0 Å². The second-order valence-corrected chi connectivity index (χ2v) is 8.03. The van der Waals surface area contributed by atoms with E-state index in [0.29, 0.717) is 0 Å². The molecule has 0 bridgehead atoms. The Balaban J connectivity index is 0.000000149. The first kappa shape index (κ1) is 14.0. The zero-order chi connectivity index (χ0) is 13.0. The fraction of sp³-hybridized carbons (Fsp3) is 0.143. The number of hydrogen-bond donors (Lipinski definition) is 0. The molecule has 0 nitrogen and oxygen atoms in total. The minimum absolute atomic E-state index is 1.19. The van der Waals surface area contributed by atoms with Crippen molar-refractivity contribution in [3.05, 3.63) is 55.3 Å². The fourth-order valence-electron chi connectivity index (χ4n) is 1.40. The molecule has 0 N–H and O–H groups in total. The van der Waals surface area contributed by atoms with E-state index in [1.165, 1.54) is 24.0 Å². The Labute approximate surface area is 128 Å². The van der Waals surface area contributed by atoms with Gasteiger partial charge in [0.2, 0.25) is 0 Å². The Kier molecular flexibility index (Phi) is 5.18. The Morgan fingerprint density at radius 1 is 0.944 bits per heavy atom. The molecule has 3 aromatic heterocycles. The van der Waals surface area contributed by atoms with E-state index in [2.05, 4.69) is 70.9 Å². The number of aryl methyl sites for hydroxylation is 2. The van der Waals surface area contributed by atoms with E-state index in [0.717, 1.165) is 0 Å². The number of halogens is 1. The summed E-state index contributed by atoms with van der Waals surface area (Å²) in [6.45, 7) is 4.23. The van der Waals surface area contributed by atoms with Gasteiger partial charge in [-0.3, -0.25) is 0 Å². The molecule has 0 aliphatic heterocycles. The molecule has 3 aromatic rings. The van der Waals surface area contributed by atoms with E-state index in [4.69, 9.17) is 0 Å². The summed E-state index contributed by atoms with van der Waals surface area (Å²) < 4.78 is 1.19. The van der Waals surface area contributed by atoms with E-state index in [-0.39, 0.29) is 0 Å². The Morgan fingerprint density at radius 3 is 2.17 bits per heavy atom. The lowest BCUT2D eigenvalue weighted by Gasteiger charge is -1.86. The van der Waals surface area contributed by atoms with Gasteiger partial charge in [-0.05, 0) is 59.4 Å². The van der Waals surface area contributed by atoms with Crippen LogP contribution in [0.1, 0.15) is 9.75 Å². The lowest BCUT2D eigenvalue weighted by molar-refractivity contribution is 1.62. The summed E-state index contributed by atoms with van der Waals surface area (Å²) in [5, 5.41) is 4.19. The van der Waals surface area contributed by atoms with Crippen LogP contribution in [0, 0.1) is 13.8 Å². The molecule has 4 heteroatoms. The molecule has 3 rings (SSSR count). The van der Waals surface area contributed by atoms with Gasteiger partial charge in [0.15, 0.2) is 0 Å². The van der Waals surface area contributed by atoms with Crippen LogP contribution in [0.2, 0.25) is 0 Å². The highest BCUT2D eigenvalue weighted by atomic mass is 79.9. The van der Waals surface area contributed by atoms with Crippen LogP contribution in [0.4, 0.5) is 0 Å². The topological polar surface area (TPSA) is 0 Å². The number of rotatable bonds is 1. The molecule has 0 unspecified atom stereocenters. The average Bonchev–Trinajstić information content (AvgIpc) is 3.01. The van der Waals surface area contributed by atoms with Crippen LogP contribution < -0.4 is 0 Å². The zero-order valence-electron chi connectivity index (χ0n) is 10.1. The Morgan fingerprint density at radius 2 is 1.78 bits per heavy atom. The minimum Gasteiger partial charge on any atom is -0.148 e. The first-order valence-electron chi connectivity index (χ1n) is 5.46. The highest BCUT2D eigenvalue weighted by molar-refractivity contribution is 9.10. The van der Waals surface area contributed by atoms with Crippen LogP contribution in [-0.4, -0.2) is 0 Å². The van der Waals surface area contributed by atoms with Crippen molar-refractivity contribution in [2.24, 2.45) is 0 Å². The molecule has 0 aromatic carbocycles. The van der Waals surface area contributed by atoms with Crippen LogP contribution in [-0.2, 0) is 0 Å². The second-order valence-electron chi connectivity index (χ2n) is 3.76. The molecule has 0 spiro atoms. The standard InChI is InChI=1S/C9H8S2.C5H5BrS/c1-7-4-5-9(11-7)8-3-2-6-10-8;1-4-2-5(6)3-7-4/h2-6H,1H3;2-3H,1H3. The van der Waals surface area contributed by atoms with Gasteiger partial charge in [-0.2, -0.15) is 0 Å². The third kappa shape index (κ3) is 4.05. The van der Waals surface area contributed by atoms with E-state index >= 15 is 0 Å². The smallest absolute Gasteiger partial charge is 0.0445 e. The Hall–Kier alpha value is -0.420. The maximum atomic E-state index is 3.34. The molecule has 0 saturated carbocycles. The maximum absolute atomic E-state index is 3.34. The first-order chi connectivity index (χ1) is 8.65. The molecule has 0 saturated heterocycles. The van der Waals surface area contributed by atoms with Gasteiger partial charge in [0, 0.05) is 29.4 Å². The van der Waals surface area contributed by atoms with Crippen molar-refractivity contribution in [3.63, 3.8) is 0 Å². The molecule has 0 atom stereocenters. The molecule has 3 heterocycles. The van der Waals surface area contributed by atoms with Gasteiger partial charge in [0.25, 0.3) is 0 Å². The average molecular weight is 357 g/mol. The van der Waals surface area contributed by atoms with Gasteiger partial charge in [0.05, 0.1) is 0 Å². The molecule has 0 aliphatic carbocycles. The third-order valence-corrected chi connectivity index (χ3v) is 5.89. The van der Waals surface area contributed by atoms with Gasteiger partial charge in [-0.15, -0.1) is 34.0 Å². The monoisotopic (exact) mass is 356 g/mol. The zero-order valence-corrected chi connectivity index (χ0v) is 14.2. The van der Waals surface area contributed by atoms with Crippen LogP contribution in [0.25, 0.3) is 9.75 Å². The van der Waals surface area contributed by atoms with Gasteiger partial charge in [0.1, 0.15) is 0 Å². The van der Waals surface area contributed by atoms with Gasteiger partial charge >= 0.3 is 0 Å². The van der Waals surface area contributed by atoms with Gasteiger partial charge in [-0.1, -0.05) is 6.07 Å². The predicted octanol–water partition coefficient (Wildman–Crippen LogP) is 6.60. The van der Waals surface area contributed by atoms with Crippen LogP contribution in [0.15, 0.2) is 45.6 Å². The maximum Gasteiger partial charge on any atom is 0.0445 e. The second kappa shape index (κ2) is 6.66. The van der Waals surface area contributed by atoms with Crippen LogP contribution in [0.5, 0.6) is 0 Å². The molecular weight excluding hydrogens is 344 g/mol. The van der Waals surface area contributed by atoms with E-state index < -0.39 is 0 Å². The largest absolute Gasteiger partial charge is 0.148 e. The van der Waals surface area contributed by atoms with Crippen molar-refractivity contribution in [1.29, 1.82) is 0 Å². The first-order valence-corrected chi connectivity index (χ1v) is 8.83. The molecule has 0 amide bonds. The van der Waals surface area contributed by atoms with Crippen LogP contribution >= 0.6 is 49.9 Å². The summed E-state index contributed by atoms with van der Waals surface area (Å²) >= 11 is 8.76. The van der Waals surface area contributed by atoms with E-state index in [1.807, 2.05) is 11.3 Å². The predicted molar refractivity (Wildman–Crippen MR) is 89.1 cm³/mol. The normalized spacial score (nSPS) is 9.94. The summed E-state index contributed by atoms with van der Waals surface area (Å²) in [7, 11) is 0. The summed E-state index contributed by atoms with van der Waals surface area (Å²) in [5.41, 5.74) is 0. The quantitative estimate of drug-likeness (QED) is 0.460. The van der Waals surface area contributed by atoms with Crippen molar-refractivity contribution in [2.75, 3.05) is 0 Å². The summed E-state index contributed by atoms with van der Waals surface area (Å²) in [5.74, 6) is 0. The summed E-state index contributed by atoms with van der Waals surface area (Å²) in [6.07, 6.45) is 0. The molecule has 94 valence electrons. The number of thiophene rings is 3. The summed E-state index contributed by atoms with van der Waals surface area (Å²) in [6, 6.07) is 10.7. The molecule has 0 aliphatic rings. The summed E-state index contributed by atoms with van der Waals surface area (Å²) in [4.78, 5) is 5.50. The molecular formula is C14H13BrS3. The Bertz CT molecular complexity index is 574. The fourth-order valence-corrected chi connectivity index (χ4v) is 4.44. The molecule has 0 fully saturated rings. The minimum atomic E-state index is 1.19. The van der Waals surface area contributed by atoms with Crippen molar-refractivity contribution in [1.82, 2.24) is 0 Å². The van der Waals surface area contributed by atoms with Crippen LogP contribution in [0.3, 0.4) is 0 Å². The van der Waals surface area contributed by atoms with Crippen molar-refractivity contribution < 1.29 is 0 Å². The third-order valence-electron chi connectivity index (χ3n) is 2.20. The van der Waals surface area contributed by atoms with Crippen molar-refractivity contribution in [2.45, 2.75) is 13.8 Å². The van der Waals surface area contributed by atoms with Gasteiger partial charge in [-0.25, -0.2) is 0 Å². The SMILES string of the molecule is Cc1cc(Br)cs1.Cc1ccc(-c2cccs2)s1. The highest BCUT2D eigenvalue weighted by Crippen LogP contribution is 2.30. The van der Waals surface area contributed by atoms with E-state index in [1.54, 1.807) is 22.7 Å². The van der Waals surface area contributed by atoms with Crippen molar-refractivity contribution >= 4 is 49.9 Å². The lowest BCUT2D eigenvalue weighted by atomic mass is 10.4. The lowest BCUT2D eigenvalue weighted by Crippen LogP contribution is -1.55. The molecule has 0 radical (unpaired) electrons. The van der Waals surface area contributed by atoms with Crippen molar-refractivity contribution in [3.8, 4) is 9.75 Å². The number of hydrogen-bond acceptors (Lipinski definition) is 3. The van der Waals surface area contributed by atoms with Gasteiger partial charge < -0.3 is 0 Å².